The van der Waals surface area contributed by atoms with Gasteiger partial charge in [0.15, 0.2) is 24.0 Å². The van der Waals surface area contributed by atoms with Gasteiger partial charge < -0.3 is 36.8 Å². The van der Waals surface area contributed by atoms with E-state index in [2.05, 4.69) is 20.6 Å². The molecular weight excluding hydrogens is 412 g/mol. The predicted octanol–water partition coefficient (Wildman–Crippen LogP) is -0.481. The molecule has 4 unspecified atom stereocenters. The number of nitrogen functional groups attached to an aromatic ring is 1. The van der Waals surface area contributed by atoms with Gasteiger partial charge >= 0.3 is 15.4 Å². The maximum atomic E-state index is 10.8. The van der Waals surface area contributed by atoms with Gasteiger partial charge in [0, 0.05) is 6.54 Å². The highest BCUT2D eigenvalue weighted by molar-refractivity contribution is 7.85. The van der Waals surface area contributed by atoms with Crippen LogP contribution in [-0.2, 0) is 13.8 Å². The van der Waals surface area contributed by atoms with Gasteiger partial charge in [0.2, 0.25) is 5.95 Å². The lowest BCUT2D eigenvalue weighted by Crippen LogP contribution is -2.45. The number of aliphatic hydroxyl groups is 1. The first kappa shape index (κ1) is 21.8. The van der Waals surface area contributed by atoms with Crippen LogP contribution in [0, 0.1) is 0 Å². The first-order valence-electron chi connectivity index (χ1n) is 10.1. The lowest BCUT2D eigenvalue weighted by atomic mass is 10.1. The highest BCUT2D eigenvalue weighted by Gasteiger charge is 2.58. The number of aliphatic hydroxyl groups excluding tert-OH is 1. The summed E-state index contributed by atoms with van der Waals surface area (Å²) in [5.41, 5.74) is 12.2. The molecule has 0 saturated carbocycles. The van der Waals surface area contributed by atoms with Gasteiger partial charge in [-0.3, -0.25) is 0 Å². The van der Waals surface area contributed by atoms with Gasteiger partial charge in [-0.1, -0.05) is 12.8 Å². The molecule has 4 rings (SSSR count). The molecule has 2 radical (unpaired) electrons. The molecule has 3 aliphatic rings. The average Bonchev–Trinajstić information content (AvgIpc) is 3.25. The quantitative estimate of drug-likeness (QED) is 0.174. The Balaban J connectivity index is 1.44. The number of anilines is 4. The van der Waals surface area contributed by atoms with Crippen LogP contribution in [0.1, 0.15) is 25.7 Å². The second-order valence-corrected chi connectivity index (χ2v) is 9.15. The topological polar surface area (TPSA) is 173 Å². The zero-order chi connectivity index (χ0) is 21.3. The Hall–Kier alpha value is -1.47. The number of hydrogen-bond acceptors (Lipinski definition) is 12. The van der Waals surface area contributed by atoms with Crippen LogP contribution in [0.2, 0.25) is 0 Å². The van der Waals surface area contributed by atoms with Crippen LogP contribution in [-0.4, -0.2) is 78.4 Å². The summed E-state index contributed by atoms with van der Waals surface area (Å²) in [7, 11) is 2.13. The molecule has 1 aromatic heterocycles. The van der Waals surface area contributed by atoms with Crippen molar-refractivity contribution in [1.82, 2.24) is 9.97 Å². The first-order valence-corrected chi connectivity index (χ1v) is 11.7. The SMILES string of the molecule is [B][P+]1(O)OCC2OC(N3CNc4c(N)nc(NCCCCCCN)nc43)C(O)[C@@H]2O1. The average molecular weight is 440 g/mol. The molecule has 164 valence electrons. The molecule has 8 N–H and O–H groups in total. The molecule has 2 saturated heterocycles. The summed E-state index contributed by atoms with van der Waals surface area (Å²) < 4.78 is 16.4. The fraction of sp³-hybridized carbons (Fsp3) is 0.750. The Bertz CT molecular complexity index is 763. The van der Waals surface area contributed by atoms with Crippen molar-refractivity contribution < 1.29 is 23.8 Å². The van der Waals surface area contributed by atoms with E-state index in [0.717, 1.165) is 25.7 Å². The minimum absolute atomic E-state index is 0.0377. The van der Waals surface area contributed by atoms with Crippen LogP contribution in [0.3, 0.4) is 0 Å². The second kappa shape index (κ2) is 8.95. The minimum Gasteiger partial charge on any atom is -0.385 e. The highest BCUT2D eigenvalue weighted by Crippen LogP contribution is 2.58. The van der Waals surface area contributed by atoms with Crippen molar-refractivity contribution in [3.8, 4) is 0 Å². The van der Waals surface area contributed by atoms with E-state index >= 15 is 0 Å². The Morgan fingerprint density at radius 3 is 2.90 bits per heavy atom. The van der Waals surface area contributed by atoms with Crippen LogP contribution in [0.15, 0.2) is 0 Å². The Labute approximate surface area is 176 Å². The van der Waals surface area contributed by atoms with E-state index in [4.69, 9.17) is 32.8 Å². The number of nitrogens with one attached hydrogen (secondary N) is 2. The first-order chi connectivity index (χ1) is 14.4. The molecule has 30 heavy (non-hydrogen) atoms. The van der Waals surface area contributed by atoms with Crippen LogP contribution in [0.25, 0.3) is 0 Å². The van der Waals surface area contributed by atoms with Crippen molar-refractivity contribution in [2.24, 2.45) is 5.73 Å². The summed E-state index contributed by atoms with van der Waals surface area (Å²) >= 11 is 0. The van der Waals surface area contributed by atoms with Crippen molar-refractivity contribution >= 4 is 38.7 Å². The summed E-state index contributed by atoms with van der Waals surface area (Å²) in [6.45, 7) is 1.78. The van der Waals surface area contributed by atoms with Crippen LogP contribution in [0.4, 0.5) is 23.3 Å². The smallest absolute Gasteiger partial charge is 0.385 e. The van der Waals surface area contributed by atoms with Crippen molar-refractivity contribution in [3.63, 3.8) is 0 Å². The molecular formula is C16H28BN7O5P+. The molecule has 0 amide bonds. The van der Waals surface area contributed by atoms with Gasteiger partial charge in [0.1, 0.15) is 24.5 Å². The molecule has 0 bridgehead atoms. The molecule has 14 heteroatoms. The van der Waals surface area contributed by atoms with Gasteiger partial charge in [-0.05, 0) is 19.4 Å². The number of aromatic nitrogens is 2. The van der Waals surface area contributed by atoms with E-state index in [-0.39, 0.29) is 6.61 Å². The molecule has 12 nitrogen and oxygen atoms in total. The molecule has 4 heterocycles. The second-order valence-electron chi connectivity index (χ2n) is 7.55. The van der Waals surface area contributed by atoms with E-state index in [0.29, 0.717) is 43.0 Å². The number of rotatable bonds is 8. The van der Waals surface area contributed by atoms with E-state index in [1.54, 1.807) is 4.90 Å². The number of nitrogens with zero attached hydrogens (tertiary/aromatic N) is 3. The fourth-order valence-electron chi connectivity index (χ4n) is 3.82. The van der Waals surface area contributed by atoms with Gasteiger partial charge in [-0.15, -0.1) is 0 Å². The molecule has 0 aliphatic carbocycles. The Morgan fingerprint density at radius 1 is 1.30 bits per heavy atom. The molecule has 1 aromatic rings. The molecule has 5 atom stereocenters. The number of hydrogen-bond donors (Lipinski definition) is 6. The third-order valence-electron chi connectivity index (χ3n) is 5.34. The maximum Gasteiger partial charge on any atom is 0.488 e. The van der Waals surface area contributed by atoms with Crippen molar-refractivity contribution in [3.05, 3.63) is 0 Å². The Kier molecular flexibility index (Phi) is 6.49. The van der Waals surface area contributed by atoms with Crippen molar-refractivity contribution in [2.75, 3.05) is 47.6 Å². The van der Waals surface area contributed by atoms with E-state index in [1.807, 2.05) is 0 Å². The zero-order valence-electron chi connectivity index (χ0n) is 16.6. The number of ether oxygens (including phenoxy) is 1. The van der Waals surface area contributed by atoms with Crippen LogP contribution < -0.4 is 27.0 Å². The monoisotopic (exact) mass is 440 g/mol. The van der Waals surface area contributed by atoms with Gasteiger partial charge in [0.05, 0.1) is 6.67 Å². The van der Waals surface area contributed by atoms with Crippen molar-refractivity contribution in [1.29, 1.82) is 0 Å². The van der Waals surface area contributed by atoms with Gasteiger partial charge in [-0.2, -0.15) is 19.0 Å². The lowest BCUT2D eigenvalue weighted by molar-refractivity contribution is -0.0440. The highest BCUT2D eigenvalue weighted by atomic mass is 31.2. The minimum atomic E-state index is -3.44. The van der Waals surface area contributed by atoms with Crippen LogP contribution >= 0.6 is 7.82 Å². The van der Waals surface area contributed by atoms with Crippen molar-refractivity contribution in [2.45, 2.75) is 50.2 Å². The molecule has 2 fully saturated rings. The van der Waals surface area contributed by atoms with Gasteiger partial charge in [0.25, 0.3) is 0 Å². The number of unbranched alkanes of at least 4 members (excludes halogenated alkanes) is 3. The molecule has 3 aliphatic heterocycles. The number of fused-ring (bicyclic) bond motifs is 2. The standard InChI is InChI=1S/C16H28BN7O5P/c17-30(26)27-7-9-12(29-30)11(25)15(28-9)24-8-21-10-13(19)22-16(23-14(10)24)20-6-4-2-1-3-5-18/h9,11-12,15,21,25-26H,1-8,18H2,(H3,19,20,22,23)/q+1/t9?,11?,12-,15?,30?/m1/s1. The fourth-order valence-corrected chi connectivity index (χ4v) is 4.85. The van der Waals surface area contributed by atoms with Crippen LogP contribution in [0.5, 0.6) is 0 Å². The summed E-state index contributed by atoms with van der Waals surface area (Å²) in [6.07, 6.45) is 0.983. The summed E-state index contributed by atoms with van der Waals surface area (Å²) in [4.78, 5) is 20.5. The normalized spacial score (nSPS) is 32.6. The number of nitrogens with two attached hydrogens (primary N) is 2. The third kappa shape index (κ3) is 4.42. The van der Waals surface area contributed by atoms with E-state index < -0.39 is 32.4 Å². The summed E-state index contributed by atoms with van der Waals surface area (Å²) in [5.74, 6) is 1.24. The summed E-state index contributed by atoms with van der Waals surface area (Å²) in [6, 6.07) is 0. The summed E-state index contributed by atoms with van der Waals surface area (Å²) in [5, 5.41) is 17.1. The lowest BCUT2D eigenvalue weighted by Gasteiger charge is -2.28. The predicted molar refractivity (Wildman–Crippen MR) is 114 cm³/mol. The molecule has 0 spiro atoms. The third-order valence-corrected chi connectivity index (χ3v) is 6.41. The zero-order valence-corrected chi connectivity index (χ0v) is 17.5. The Morgan fingerprint density at radius 2 is 2.10 bits per heavy atom. The largest absolute Gasteiger partial charge is 0.488 e. The molecule has 0 aromatic carbocycles. The van der Waals surface area contributed by atoms with E-state index in [1.165, 1.54) is 0 Å². The van der Waals surface area contributed by atoms with Gasteiger partial charge in [-0.25, -0.2) is 4.89 Å². The van der Waals surface area contributed by atoms with E-state index in [9.17, 15) is 10.00 Å². The maximum absolute atomic E-state index is 10.8.